The SMILES string of the molecule is CC(C)C12SC1(C(C)C)C1SC1C1=C2Cc2ccccc2O1. The van der Waals surface area contributed by atoms with Crippen molar-refractivity contribution < 1.29 is 4.74 Å². The van der Waals surface area contributed by atoms with E-state index in [1.54, 1.807) is 5.57 Å². The van der Waals surface area contributed by atoms with E-state index in [1.165, 1.54) is 11.3 Å². The molecule has 0 amide bonds. The molecule has 1 aromatic rings. The van der Waals surface area contributed by atoms with Gasteiger partial charge in [-0.3, -0.25) is 0 Å². The van der Waals surface area contributed by atoms with Gasteiger partial charge in [-0.2, -0.15) is 0 Å². The fourth-order valence-electron chi connectivity index (χ4n) is 4.99. The number of hydrogen-bond acceptors (Lipinski definition) is 3. The van der Waals surface area contributed by atoms with Crippen LogP contribution in [0.1, 0.15) is 33.3 Å². The molecule has 4 atom stereocenters. The van der Waals surface area contributed by atoms with Gasteiger partial charge in [-0.05, 0) is 29.0 Å². The summed E-state index contributed by atoms with van der Waals surface area (Å²) < 4.78 is 7.20. The van der Waals surface area contributed by atoms with Crippen molar-refractivity contribution in [1.82, 2.24) is 0 Å². The zero-order valence-corrected chi connectivity index (χ0v) is 15.2. The summed E-state index contributed by atoms with van der Waals surface area (Å²) in [5.74, 6) is 3.81. The third-order valence-electron chi connectivity index (χ3n) is 6.02. The first-order valence-electron chi connectivity index (χ1n) is 8.37. The summed E-state index contributed by atoms with van der Waals surface area (Å²) in [5, 5.41) is 1.39. The first-order valence-corrected chi connectivity index (χ1v) is 10.1. The van der Waals surface area contributed by atoms with E-state index in [2.05, 4.69) is 75.5 Å². The van der Waals surface area contributed by atoms with Gasteiger partial charge < -0.3 is 4.74 Å². The standard InChI is InChI=1S/C19H22OS2/c1-10(2)18-13-9-12-7-5-6-8-14(12)20-15(13)16-17(21-16)19(18,22-18)11(3)4/h5-8,10-11,16-17H,9H2,1-4H3. The molecule has 116 valence electrons. The minimum absolute atomic E-state index is 0.314. The van der Waals surface area contributed by atoms with Gasteiger partial charge in [0, 0.05) is 11.7 Å². The molecular formula is C19H22OS2. The van der Waals surface area contributed by atoms with Gasteiger partial charge in [-0.15, -0.1) is 23.5 Å². The lowest BCUT2D eigenvalue weighted by Crippen LogP contribution is -2.46. The largest absolute Gasteiger partial charge is 0.460 e. The second-order valence-electron chi connectivity index (χ2n) is 7.65. The molecule has 1 nitrogen and oxygen atoms in total. The van der Waals surface area contributed by atoms with Crippen LogP contribution >= 0.6 is 23.5 Å². The van der Waals surface area contributed by atoms with E-state index in [4.69, 9.17) is 4.74 Å². The van der Waals surface area contributed by atoms with Crippen LogP contribution < -0.4 is 4.74 Å². The van der Waals surface area contributed by atoms with Crippen molar-refractivity contribution >= 4 is 23.5 Å². The van der Waals surface area contributed by atoms with Crippen LogP contribution in [-0.2, 0) is 6.42 Å². The molecule has 3 heteroatoms. The fourth-order valence-corrected chi connectivity index (χ4v) is 9.22. The summed E-state index contributed by atoms with van der Waals surface area (Å²) >= 11 is 4.41. The zero-order chi connectivity index (χ0) is 15.3. The first-order chi connectivity index (χ1) is 10.5. The molecule has 0 radical (unpaired) electrons. The Kier molecular flexibility index (Phi) is 2.58. The Morgan fingerprint density at radius 1 is 1.14 bits per heavy atom. The second-order valence-corrected chi connectivity index (χ2v) is 10.5. The molecule has 0 aromatic heterocycles. The summed E-state index contributed by atoms with van der Waals surface area (Å²) in [6.07, 6.45) is 1.09. The van der Waals surface area contributed by atoms with Crippen molar-refractivity contribution in [2.45, 2.75) is 54.1 Å². The van der Waals surface area contributed by atoms with Crippen LogP contribution in [0.25, 0.3) is 0 Å². The van der Waals surface area contributed by atoms with E-state index >= 15 is 0 Å². The third kappa shape index (κ3) is 1.37. The van der Waals surface area contributed by atoms with Crippen LogP contribution in [0, 0.1) is 11.8 Å². The van der Waals surface area contributed by atoms with E-state index in [1.807, 2.05) is 0 Å². The van der Waals surface area contributed by atoms with E-state index in [0.717, 1.165) is 23.3 Å². The average molecular weight is 331 g/mol. The van der Waals surface area contributed by atoms with Crippen molar-refractivity contribution in [3.05, 3.63) is 41.2 Å². The van der Waals surface area contributed by atoms with Crippen LogP contribution in [0.15, 0.2) is 35.6 Å². The second kappa shape index (κ2) is 4.10. The third-order valence-corrected chi connectivity index (χ3v) is 10.1. The van der Waals surface area contributed by atoms with Gasteiger partial charge in [0.25, 0.3) is 0 Å². The minimum Gasteiger partial charge on any atom is -0.460 e. The lowest BCUT2D eigenvalue weighted by Gasteiger charge is -2.38. The summed E-state index contributed by atoms with van der Waals surface area (Å²) in [6.45, 7) is 9.68. The Labute approximate surface area is 141 Å². The lowest BCUT2D eigenvalue weighted by molar-refractivity contribution is 0.299. The smallest absolute Gasteiger partial charge is 0.130 e. The van der Waals surface area contributed by atoms with E-state index in [9.17, 15) is 0 Å². The van der Waals surface area contributed by atoms with Gasteiger partial charge in [-0.1, -0.05) is 45.9 Å². The summed E-state index contributed by atoms with van der Waals surface area (Å²) in [7, 11) is 0. The normalized spacial score (nSPS) is 40.6. The summed E-state index contributed by atoms with van der Waals surface area (Å²) in [4.78, 5) is 0. The maximum atomic E-state index is 6.43. The Hall–Kier alpha value is -0.540. The summed E-state index contributed by atoms with van der Waals surface area (Å²) in [6, 6.07) is 8.60. The van der Waals surface area contributed by atoms with Crippen LogP contribution in [-0.4, -0.2) is 20.0 Å². The molecule has 5 rings (SSSR count). The highest BCUT2D eigenvalue weighted by Crippen LogP contribution is 2.84. The number of thioether (sulfide) groups is 2. The predicted molar refractivity (Wildman–Crippen MR) is 95.7 cm³/mol. The van der Waals surface area contributed by atoms with Crippen LogP contribution in [0.5, 0.6) is 5.75 Å². The Bertz CT molecular complexity index is 707. The molecule has 0 bridgehead atoms. The highest BCUT2D eigenvalue weighted by molar-refractivity contribution is 8.14. The maximum Gasteiger partial charge on any atom is 0.130 e. The zero-order valence-electron chi connectivity index (χ0n) is 13.6. The van der Waals surface area contributed by atoms with Crippen LogP contribution in [0.3, 0.4) is 0 Å². The molecule has 4 unspecified atom stereocenters. The van der Waals surface area contributed by atoms with Crippen molar-refractivity contribution in [2.24, 2.45) is 11.8 Å². The molecule has 0 saturated carbocycles. The molecule has 1 aliphatic carbocycles. The molecule has 4 aliphatic rings. The van der Waals surface area contributed by atoms with E-state index in [0.29, 0.717) is 20.7 Å². The lowest BCUT2D eigenvalue weighted by atomic mass is 9.66. The Morgan fingerprint density at radius 3 is 2.64 bits per heavy atom. The first kappa shape index (κ1) is 13.9. The van der Waals surface area contributed by atoms with Gasteiger partial charge >= 0.3 is 0 Å². The Morgan fingerprint density at radius 2 is 1.91 bits per heavy atom. The molecule has 2 saturated heterocycles. The molecule has 0 N–H and O–H groups in total. The quantitative estimate of drug-likeness (QED) is 0.713. The average Bonchev–Trinajstić information content (AvgIpc) is 3.36. The monoisotopic (exact) mass is 330 g/mol. The van der Waals surface area contributed by atoms with E-state index < -0.39 is 0 Å². The molecule has 1 aromatic carbocycles. The van der Waals surface area contributed by atoms with E-state index in [-0.39, 0.29) is 0 Å². The van der Waals surface area contributed by atoms with Gasteiger partial charge in [0.15, 0.2) is 0 Å². The van der Waals surface area contributed by atoms with Crippen LogP contribution in [0.4, 0.5) is 0 Å². The number of hydrogen-bond donors (Lipinski definition) is 0. The number of benzene rings is 1. The topological polar surface area (TPSA) is 9.23 Å². The van der Waals surface area contributed by atoms with Crippen molar-refractivity contribution in [1.29, 1.82) is 0 Å². The van der Waals surface area contributed by atoms with Crippen molar-refractivity contribution in [3.63, 3.8) is 0 Å². The molecule has 2 fully saturated rings. The number of ether oxygens (including phenoxy) is 1. The summed E-state index contributed by atoms with van der Waals surface area (Å²) in [5.41, 5.74) is 2.99. The predicted octanol–water partition coefficient (Wildman–Crippen LogP) is 4.91. The molecule has 3 heterocycles. The molecular weight excluding hydrogens is 308 g/mol. The van der Waals surface area contributed by atoms with Crippen molar-refractivity contribution in [2.75, 3.05) is 0 Å². The Balaban J connectivity index is 1.68. The van der Waals surface area contributed by atoms with Gasteiger partial charge in [0.2, 0.25) is 0 Å². The maximum absolute atomic E-state index is 6.43. The molecule has 3 aliphatic heterocycles. The molecule has 22 heavy (non-hydrogen) atoms. The highest BCUT2D eigenvalue weighted by atomic mass is 32.2. The molecule has 0 spiro atoms. The number of rotatable bonds is 2. The highest BCUT2D eigenvalue weighted by Gasteiger charge is 2.83. The van der Waals surface area contributed by atoms with Gasteiger partial charge in [-0.25, -0.2) is 0 Å². The van der Waals surface area contributed by atoms with Crippen molar-refractivity contribution in [3.8, 4) is 5.75 Å². The van der Waals surface area contributed by atoms with Gasteiger partial charge in [0.1, 0.15) is 11.5 Å². The number of fused-ring (bicyclic) bond motifs is 6. The van der Waals surface area contributed by atoms with Gasteiger partial charge in [0.05, 0.1) is 14.7 Å². The minimum atomic E-state index is 0.314. The van der Waals surface area contributed by atoms with Crippen LogP contribution in [0.2, 0.25) is 0 Å². The fraction of sp³-hybridized carbons (Fsp3) is 0.579. The number of para-hydroxylation sites is 1.